The lowest BCUT2D eigenvalue weighted by Crippen LogP contribution is -2.56. The van der Waals surface area contributed by atoms with Crippen molar-refractivity contribution in [2.24, 2.45) is 22.5 Å². The second-order valence-corrected chi connectivity index (χ2v) is 11.8. The Kier molecular flexibility index (Phi) is 7.39. The predicted molar refractivity (Wildman–Crippen MR) is 152 cm³/mol. The molecule has 3 aliphatic heterocycles. The molecule has 0 saturated carbocycles. The molecule has 2 amide bonds. The van der Waals surface area contributed by atoms with Gasteiger partial charge >= 0.3 is 12.2 Å². The van der Waals surface area contributed by atoms with Crippen molar-refractivity contribution in [2.45, 2.75) is 70.9 Å². The lowest BCUT2D eigenvalue weighted by Gasteiger charge is -2.40. The minimum Gasteiger partial charge on any atom is -0.449 e. The van der Waals surface area contributed by atoms with Gasteiger partial charge in [-0.05, 0) is 41.0 Å². The number of carbonyl (C=O) groups is 4. The van der Waals surface area contributed by atoms with Gasteiger partial charge in [0, 0.05) is 35.4 Å². The van der Waals surface area contributed by atoms with E-state index >= 15 is 0 Å². The van der Waals surface area contributed by atoms with E-state index in [9.17, 15) is 19.2 Å². The lowest BCUT2D eigenvalue weighted by molar-refractivity contribution is -0.144. The van der Waals surface area contributed by atoms with Gasteiger partial charge in [-0.3, -0.25) is 14.5 Å². The van der Waals surface area contributed by atoms with Crippen molar-refractivity contribution in [3.63, 3.8) is 0 Å². The first-order chi connectivity index (χ1) is 20.3. The number of ether oxygens (including phenoxy) is 3. The predicted octanol–water partition coefficient (Wildman–Crippen LogP) is 3.59. The number of carbonyl (C=O) groups excluding carboxylic acids is 4. The number of amides is 2. The maximum absolute atomic E-state index is 13.4. The quantitative estimate of drug-likeness (QED) is 0.148. The molecule has 14 nitrogen and oxygen atoms in total. The van der Waals surface area contributed by atoms with Crippen LogP contribution in [0.5, 0.6) is 0 Å². The van der Waals surface area contributed by atoms with Crippen molar-refractivity contribution in [1.29, 1.82) is 0 Å². The van der Waals surface area contributed by atoms with Crippen LogP contribution in [0.2, 0.25) is 0 Å². The van der Waals surface area contributed by atoms with E-state index in [-0.39, 0.29) is 60.2 Å². The van der Waals surface area contributed by atoms with Crippen LogP contribution < -0.4 is 11.5 Å². The normalized spacial score (nSPS) is 25.6. The molecule has 5 rings (SSSR count). The Balaban J connectivity index is 1.42. The summed E-state index contributed by atoms with van der Waals surface area (Å²) in [6, 6.07) is 2.76. The SMILES string of the molecule is CO[C@@]12[C@H](COC(N)=O)C3=C(C(=O)C(C)=C(N)C3=O)N1C[C@H]1[C@@H]2N1C(=O)OCc1cc(C(C)C)c(N=[N+]=[N-])c(C(C)C)c1. The van der Waals surface area contributed by atoms with E-state index in [0.29, 0.717) is 5.69 Å². The number of Topliss-reactive ketones (excluding diaryl/α,β-unsaturated/α-hetero) is 2. The fourth-order valence-corrected chi connectivity index (χ4v) is 6.81. The molecule has 3 heterocycles. The van der Waals surface area contributed by atoms with E-state index in [1.54, 1.807) is 4.90 Å². The Morgan fingerprint density at radius 1 is 1.14 bits per heavy atom. The Bertz CT molecular complexity index is 1530. The number of benzene rings is 1. The standard InChI is InChI=1S/C29H35N7O7/c1-12(2)16-7-15(8-17(13(3)4)22(16)33-34-32)10-43-28(40)36-19-9-35-23-20(25(38)21(30)14(5)24(23)37)18(11-42-27(31)39)29(35,41-6)26(19)36/h7-8,12-13,18-19,26H,9-11,30H2,1-6H3,(H2,31,39)/t18-,19+,26+,29-,36?/m1/s1. The highest BCUT2D eigenvalue weighted by atomic mass is 16.6. The van der Waals surface area contributed by atoms with Crippen molar-refractivity contribution in [3.05, 3.63) is 61.8 Å². The second kappa shape index (κ2) is 10.6. The highest BCUT2D eigenvalue weighted by Gasteiger charge is 2.78. The molecule has 4 N–H and O–H groups in total. The molecular weight excluding hydrogens is 558 g/mol. The largest absolute Gasteiger partial charge is 0.449 e. The minimum absolute atomic E-state index is 0.0337. The van der Waals surface area contributed by atoms with Gasteiger partial charge in [-0.25, -0.2) is 9.59 Å². The molecule has 1 aliphatic carbocycles. The molecule has 43 heavy (non-hydrogen) atoms. The van der Waals surface area contributed by atoms with Crippen molar-refractivity contribution in [2.75, 3.05) is 20.3 Å². The summed E-state index contributed by atoms with van der Waals surface area (Å²) in [7, 11) is 1.41. The van der Waals surface area contributed by atoms with Gasteiger partial charge < -0.3 is 30.6 Å². The zero-order valence-electron chi connectivity index (χ0n) is 24.9. The molecular formula is C29H35N7O7. The third-order valence-corrected chi connectivity index (χ3v) is 8.88. The van der Waals surface area contributed by atoms with Crippen molar-refractivity contribution in [3.8, 4) is 0 Å². The number of methoxy groups -OCH3 is 1. The van der Waals surface area contributed by atoms with Crippen LogP contribution in [0.1, 0.15) is 63.1 Å². The number of nitrogens with two attached hydrogens (primary N) is 2. The summed E-state index contributed by atoms with van der Waals surface area (Å²) in [5.41, 5.74) is 22.2. The van der Waals surface area contributed by atoms with Gasteiger partial charge in [-0.1, -0.05) is 44.9 Å². The highest BCUT2D eigenvalue weighted by molar-refractivity contribution is 6.25. The number of hydrogen-bond donors (Lipinski definition) is 2. The van der Waals surface area contributed by atoms with Crippen molar-refractivity contribution < 1.29 is 33.4 Å². The molecule has 0 aromatic heterocycles. The Labute approximate surface area is 248 Å². The molecule has 0 radical (unpaired) electrons. The highest BCUT2D eigenvalue weighted by Crippen LogP contribution is 2.59. The lowest BCUT2D eigenvalue weighted by atomic mass is 9.82. The van der Waals surface area contributed by atoms with Gasteiger partial charge in [0.15, 0.2) is 5.72 Å². The summed E-state index contributed by atoms with van der Waals surface area (Å²) in [4.78, 5) is 57.9. The summed E-state index contributed by atoms with van der Waals surface area (Å²) in [6.07, 6.45) is -1.66. The van der Waals surface area contributed by atoms with Crippen LogP contribution in [0.25, 0.3) is 10.4 Å². The van der Waals surface area contributed by atoms with Gasteiger partial charge in [-0.15, -0.1) is 0 Å². The molecule has 228 valence electrons. The Hall–Kier alpha value is -4.55. The smallest absolute Gasteiger partial charge is 0.410 e. The summed E-state index contributed by atoms with van der Waals surface area (Å²) in [5, 5.41) is 3.94. The number of allylic oxidation sites excluding steroid dienone is 2. The van der Waals surface area contributed by atoms with Crippen LogP contribution in [0.4, 0.5) is 15.3 Å². The van der Waals surface area contributed by atoms with Crippen LogP contribution in [-0.2, 0) is 30.4 Å². The summed E-state index contributed by atoms with van der Waals surface area (Å²) in [6.45, 7) is 9.26. The minimum atomic E-state index is -1.38. The van der Waals surface area contributed by atoms with Gasteiger partial charge in [0.05, 0.1) is 23.4 Å². The number of rotatable bonds is 8. The molecule has 4 aliphatic rings. The number of fused-ring (bicyclic) bond motifs is 4. The number of primary amides is 1. The second-order valence-electron chi connectivity index (χ2n) is 11.8. The zero-order valence-corrected chi connectivity index (χ0v) is 24.9. The molecule has 0 unspecified atom stereocenters. The number of ketones is 2. The van der Waals surface area contributed by atoms with Crippen LogP contribution in [0.15, 0.2) is 39.8 Å². The number of piperazine rings is 1. The van der Waals surface area contributed by atoms with Crippen LogP contribution in [-0.4, -0.2) is 71.6 Å². The Morgan fingerprint density at radius 3 is 2.30 bits per heavy atom. The molecule has 1 aromatic carbocycles. The van der Waals surface area contributed by atoms with E-state index < -0.39 is 41.4 Å². The molecule has 1 aromatic rings. The zero-order chi connectivity index (χ0) is 31.5. The summed E-state index contributed by atoms with van der Waals surface area (Å²) >= 11 is 0. The average Bonchev–Trinajstić information content (AvgIpc) is 3.47. The first-order valence-electron chi connectivity index (χ1n) is 14.0. The fourth-order valence-electron chi connectivity index (χ4n) is 6.81. The average molecular weight is 594 g/mol. The maximum atomic E-state index is 13.4. The van der Waals surface area contributed by atoms with Gasteiger partial charge in [0.25, 0.3) is 0 Å². The molecule has 2 fully saturated rings. The fraction of sp³-hybridized carbons (Fsp3) is 0.517. The first kappa shape index (κ1) is 29.9. The first-order valence-corrected chi connectivity index (χ1v) is 14.0. The molecule has 0 bridgehead atoms. The summed E-state index contributed by atoms with van der Waals surface area (Å²) in [5.74, 6) is -1.78. The van der Waals surface area contributed by atoms with Crippen molar-refractivity contribution >= 4 is 29.4 Å². The van der Waals surface area contributed by atoms with E-state index in [1.165, 1.54) is 18.9 Å². The van der Waals surface area contributed by atoms with Crippen LogP contribution >= 0.6 is 0 Å². The molecule has 0 spiro atoms. The maximum Gasteiger partial charge on any atom is 0.410 e. The monoisotopic (exact) mass is 593 g/mol. The Morgan fingerprint density at radius 2 is 1.77 bits per heavy atom. The van der Waals surface area contributed by atoms with Gasteiger partial charge in [-0.2, -0.15) is 0 Å². The number of hydrogen-bond acceptors (Lipinski definition) is 10. The topological polar surface area (TPSA) is 203 Å². The third-order valence-electron chi connectivity index (χ3n) is 8.88. The van der Waals surface area contributed by atoms with Crippen LogP contribution in [0, 0.1) is 5.92 Å². The molecule has 4 atom stereocenters. The van der Waals surface area contributed by atoms with Gasteiger partial charge in [0.1, 0.15) is 19.3 Å². The van der Waals surface area contributed by atoms with E-state index in [4.69, 9.17) is 31.2 Å². The molecule has 2 saturated heterocycles. The number of azide groups is 1. The van der Waals surface area contributed by atoms with Crippen LogP contribution in [0.3, 0.4) is 0 Å². The van der Waals surface area contributed by atoms with Gasteiger partial charge in [0.2, 0.25) is 11.6 Å². The van der Waals surface area contributed by atoms with E-state index in [1.807, 2.05) is 39.8 Å². The third kappa shape index (κ3) is 4.40. The summed E-state index contributed by atoms with van der Waals surface area (Å²) < 4.78 is 16.9. The van der Waals surface area contributed by atoms with E-state index in [2.05, 4.69) is 10.0 Å². The van der Waals surface area contributed by atoms with E-state index in [0.717, 1.165) is 16.7 Å². The van der Waals surface area contributed by atoms with Crippen molar-refractivity contribution in [1.82, 2.24) is 9.80 Å². The molecule has 14 heteroatoms. The number of nitrogens with zero attached hydrogens (tertiary/aromatic N) is 5.